The molecule has 0 aliphatic rings. The number of hydrogen-bond donors (Lipinski definition) is 2. The van der Waals surface area contributed by atoms with Gasteiger partial charge in [-0.25, -0.2) is 4.79 Å². The van der Waals surface area contributed by atoms with Gasteiger partial charge in [0.05, 0.1) is 5.69 Å². The molecule has 0 atom stereocenters. The quantitative estimate of drug-likeness (QED) is 0.644. The van der Waals surface area contributed by atoms with E-state index < -0.39 is 8.07 Å². The Kier molecular flexibility index (Phi) is 5.61. The number of carbonyl (C=O) groups excluding carboxylic acids is 1. The van der Waals surface area contributed by atoms with E-state index in [4.69, 9.17) is 0 Å². The summed E-state index contributed by atoms with van der Waals surface area (Å²) in [5.41, 5.74) is 5.98. The van der Waals surface area contributed by atoms with Crippen LogP contribution < -0.4 is 10.6 Å². The van der Waals surface area contributed by atoms with Crippen LogP contribution in [0.15, 0.2) is 54.6 Å². The number of para-hydroxylation sites is 1. The highest BCUT2D eigenvalue weighted by atomic mass is 28.3. The molecule has 23 heavy (non-hydrogen) atoms. The minimum Gasteiger partial charge on any atom is -0.334 e. The van der Waals surface area contributed by atoms with Crippen LogP contribution in [0.4, 0.5) is 10.5 Å². The molecule has 118 valence electrons. The number of nitrogens with one attached hydrogen (secondary N) is 2. The van der Waals surface area contributed by atoms with Crippen LogP contribution in [0.2, 0.25) is 19.6 Å². The number of anilines is 1. The van der Waals surface area contributed by atoms with Gasteiger partial charge in [-0.05, 0) is 17.7 Å². The maximum Gasteiger partial charge on any atom is 0.319 e. The van der Waals surface area contributed by atoms with Gasteiger partial charge in [-0.15, -0.1) is 5.54 Å². The van der Waals surface area contributed by atoms with Crippen LogP contribution in [-0.4, -0.2) is 14.1 Å². The van der Waals surface area contributed by atoms with E-state index in [0.717, 1.165) is 16.8 Å². The Morgan fingerprint density at radius 3 is 2.35 bits per heavy atom. The van der Waals surface area contributed by atoms with Gasteiger partial charge in [0.2, 0.25) is 0 Å². The van der Waals surface area contributed by atoms with E-state index in [9.17, 15) is 4.79 Å². The number of rotatable bonds is 3. The molecule has 0 saturated heterocycles. The minimum atomic E-state index is -1.45. The van der Waals surface area contributed by atoms with Gasteiger partial charge >= 0.3 is 6.03 Å². The second kappa shape index (κ2) is 7.66. The van der Waals surface area contributed by atoms with E-state index in [0.29, 0.717) is 6.54 Å². The lowest BCUT2D eigenvalue weighted by molar-refractivity contribution is 0.251. The SMILES string of the molecule is C[Si](C)(C)C#Cc1ccccc1NC(=O)NCc1ccccc1. The van der Waals surface area contributed by atoms with Crippen LogP contribution in [0.25, 0.3) is 0 Å². The van der Waals surface area contributed by atoms with Crippen molar-refractivity contribution >= 4 is 19.8 Å². The van der Waals surface area contributed by atoms with Crippen LogP contribution >= 0.6 is 0 Å². The van der Waals surface area contributed by atoms with E-state index in [1.807, 2.05) is 54.6 Å². The fourth-order valence-corrected chi connectivity index (χ4v) is 2.41. The summed E-state index contributed by atoms with van der Waals surface area (Å²) in [6, 6.07) is 17.2. The van der Waals surface area contributed by atoms with Crippen molar-refractivity contribution in [1.29, 1.82) is 0 Å². The Labute approximate surface area is 139 Å². The summed E-state index contributed by atoms with van der Waals surface area (Å²) in [7, 11) is -1.45. The van der Waals surface area contributed by atoms with E-state index >= 15 is 0 Å². The maximum absolute atomic E-state index is 12.1. The molecule has 0 saturated carbocycles. The first-order valence-corrected chi connectivity index (χ1v) is 11.1. The first kappa shape index (κ1) is 16.9. The molecule has 0 aliphatic carbocycles. The smallest absolute Gasteiger partial charge is 0.319 e. The van der Waals surface area contributed by atoms with Crippen LogP contribution in [0.1, 0.15) is 11.1 Å². The van der Waals surface area contributed by atoms with E-state index in [1.165, 1.54) is 0 Å². The van der Waals surface area contributed by atoms with Crippen molar-refractivity contribution in [2.45, 2.75) is 26.2 Å². The predicted molar refractivity (Wildman–Crippen MR) is 99.0 cm³/mol. The molecule has 0 aliphatic heterocycles. The van der Waals surface area contributed by atoms with Gasteiger partial charge in [0.1, 0.15) is 8.07 Å². The van der Waals surface area contributed by atoms with Crippen LogP contribution in [-0.2, 0) is 6.54 Å². The third-order valence-electron chi connectivity index (χ3n) is 3.04. The van der Waals surface area contributed by atoms with Gasteiger partial charge < -0.3 is 10.6 Å². The summed E-state index contributed by atoms with van der Waals surface area (Å²) in [5.74, 6) is 3.20. The third-order valence-corrected chi connectivity index (χ3v) is 3.92. The summed E-state index contributed by atoms with van der Waals surface area (Å²) < 4.78 is 0. The van der Waals surface area contributed by atoms with E-state index in [2.05, 4.69) is 41.7 Å². The lowest BCUT2D eigenvalue weighted by Gasteiger charge is -2.10. The molecule has 4 heteroatoms. The zero-order valence-corrected chi connectivity index (χ0v) is 14.8. The minimum absolute atomic E-state index is 0.226. The van der Waals surface area contributed by atoms with Gasteiger partial charge in [-0.2, -0.15) is 0 Å². The van der Waals surface area contributed by atoms with Crippen molar-refractivity contribution in [1.82, 2.24) is 5.32 Å². The number of amides is 2. The Bertz CT molecular complexity index is 724. The lowest BCUT2D eigenvalue weighted by Crippen LogP contribution is -2.28. The Hall–Kier alpha value is -2.51. The third kappa shape index (κ3) is 6.01. The standard InChI is InChI=1S/C19H22N2OSi/c1-23(2,3)14-13-17-11-7-8-12-18(17)21-19(22)20-15-16-9-5-4-6-10-16/h4-12H,15H2,1-3H3,(H2,20,21,22). The first-order chi connectivity index (χ1) is 10.9. The molecule has 0 radical (unpaired) electrons. The lowest BCUT2D eigenvalue weighted by atomic mass is 10.2. The molecule has 2 aromatic rings. The Morgan fingerprint density at radius 2 is 1.65 bits per heavy atom. The second-order valence-electron chi connectivity index (χ2n) is 6.34. The van der Waals surface area contributed by atoms with Gasteiger partial charge in [-0.1, -0.05) is 68.0 Å². The van der Waals surface area contributed by atoms with Crippen molar-refractivity contribution in [3.8, 4) is 11.5 Å². The normalized spacial score (nSPS) is 10.4. The molecular formula is C19H22N2OSi. The molecule has 0 unspecified atom stereocenters. The Morgan fingerprint density at radius 1 is 1.00 bits per heavy atom. The van der Waals surface area contributed by atoms with Crippen molar-refractivity contribution in [2.24, 2.45) is 0 Å². The van der Waals surface area contributed by atoms with Gasteiger partial charge in [0.15, 0.2) is 0 Å². The molecule has 3 nitrogen and oxygen atoms in total. The van der Waals surface area contributed by atoms with Gasteiger partial charge in [0, 0.05) is 12.1 Å². The number of hydrogen-bond acceptors (Lipinski definition) is 1. The average molecular weight is 322 g/mol. The van der Waals surface area contributed by atoms with Crippen molar-refractivity contribution in [3.63, 3.8) is 0 Å². The number of carbonyl (C=O) groups is 1. The molecule has 0 bridgehead atoms. The summed E-state index contributed by atoms with van der Waals surface area (Å²) in [6.45, 7) is 7.09. The largest absolute Gasteiger partial charge is 0.334 e. The first-order valence-electron chi connectivity index (χ1n) is 7.65. The van der Waals surface area contributed by atoms with Crippen LogP contribution in [0.3, 0.4) is 0 Å². The fourth-order valence-electron chi connectivity index (χ4n) is 1.90. The van der Waals surface area contributed by atoms with E-state index in [-0.39, 0.29) is 6.03 Å². The second-order valence-corrected chi connectivity index (χ2v) is 11.1. The molecule has 2 rings (SSSR count). The Balaban J connectivity index is 2.02. The van der Waals surface area contributed by atoms with Gasteiger partial charge in [0.25, 0.3) is 0 Å². The van der Waals surface area contributed by atoms with Crippen LogP contribution in [0, 0.1) is 11.5 Å². The summed E-state index contributed by atoms with van der Waals surface area (Å²) >= 11 is 0. The molecule has 2 aromatic carbocycles. The summed E-state index contributed by atoms with van der Waals surface area (Å²) in [4.78, 5) is 12.1. The molecule has 0 spiro atoms. The van der Waals surface area contributed by atoms with Crippen LogP contribution in [0.5, 0.6) is 0 Å². The monoisotopic (exact) mass is 322 g/mol. The number of urea groups is 1. The molecule has 0 fully saturated rings. The zero-order chi connectivity index (χ0) is 16.7. The molecular weight excluding hydrogens is 300 g/mol. The van der Waals surface area contributed by atoms with Crippen molar-refractivity contribution < 1.29 is 4.79 Å². The average Bonchev–Trinajstić information content (AvgIpc) is 2.52. The summed E-state index contributed by atoms with van der Waals surface area (Å²) in [6.07, 6.45) is 0. The highest BCUT2D eigenvalue weighted by molar-refractivity contribution is 6.83. The number of benzene rings is 2. The molecule has 0 aromatic heterocycles. The highest BCUT2D eigenvalue weighted by Crippen LogP contribution is 2.14. The molecule has 2 N–H and O–H groups in total. The van der Waals surface area contributed by atoms with Crippen molar-refractivity contribution in [2.75, 3.05) is 5.32 Å². The topological polar surface area (TPSA) is 41.1 Å². The fraction of sp³-hybridized carbons (Fsp3) is 0.211. The maximum atomic E-state index is 12.1. The zero-order valence-electron chi connectivity index (χ0n) is 13.8. The highest BCUT2D eigenvalue weighted by Gasteiger charge is 2.09. The summed E-state index contributed by atoms with van der Waals surface area (Å²) in [5, 5.41) is 5.74. The molecule has 0 heterocycles. The van der Waals surface area contributed by atoms with E-state index in [1.54, 1.807) is 0 Å². The van der Waals surface area contributed by atoms with Crippen molar-refractivity contribution in [3.05, 3.63) is 65.7 Å². The molecule has 2 amide bonds. The predicted octanol–water partition coefficient (Wildman–Crippen LogP) is 4.24. The van der Waals surface area contributed by atoms with Gasteiger partial charge in [-0.3, -0.25) is 0 Å².